The summed E-state index contributed by atoms with van der Waals surface area (Å²) >= 11 is 0. The lowest BCUT2D eigenvalue weighted by Gasteiger charge is -2.30. The van der Waals surface area contributed by atoms with Crippen molar-refractivity contribution in [3.05, 3.63) is 0 Å². The predicted octanol–water partition coefficient (Wildman–Crippen LogP) is 2.48. The second-order valence-electron chi connectivity index (χ2n) is 8.58. The fourth-order valence-electron chi connectivity index (χ4n) is 3.99. The van der Waals surface area contributed by atoms with Crippen LogP contribution in [0.2, 0.25) is 0 Å². The fraction of sp³-hybridized carbons (Fsp3) is 0.947. The second kappa shape index (κ2) is 9.04. The molecule has 1 saturated heterocycles. The lowest BCUT2D eigenvalue weighted by Crippen LogP contribution is -2.48. The molecule has 0 aromatic heterocycles. The molecular weight excluding hydrogens is 300 g/mol. The van der Waals surface area contributed by atoms with Crippen LogP contribution in [0.15, 0.2) is 4.99 Å². The second-order valence-corrected chi connectivity index (χ2v) is 8.58. The lowest BCUT2D eigenvalue weighted by atomic mass is 9.89. The Labute approximate surface area is 148 Å². The van der Waals surface area contributed by atoms with Crippen LogP contribution in [-0.2, 0) is 4.74 Å². The van der Waals surface area contributed by atoms with Crippen LogP contribution in [0, 0.1) is 11.3 Å². The van der Waals surface area contributed by atoms with Gasteiger partial charge >= 0.3 is 0 Å². The molecule has 0 aromatic carbocycles. The van der Waals surface area contributed by atoms with E-state index >= 15 is 0 Å². The van der Waals surface area contributed by atoms with Gasteiger partial charge in [0, 0.05) is 46.4 Å². The zero-order valence-electron chi connectivity index (χ0n) is 16.4. The van der Waals surface area contributed by atoms with Crippen molar-refractivity contribution < 1.29 is 4.74 Å². The van der Waals surface area contributed by atoms with Gasteiger partial charge in [0.05, 0.1) is 6.10 Å². The van der Waals surface area contributed by atoms with Crippen LogP contribution in [0.1, 0.15) is 52.9 Å². The fourth-order valence-corrected chi connectivity index (χ4v) is 3.99. The van der Waals surface area contributed by atoms with Gasteiger partial charge < -0.3 is 20.3 Å². The summed E-state index contributed by atoms with van der Waals surface area (Å²) in [6.45, 7) is 11.0. The first-order chi connectivity index (χ1) is 11.4. The molecule has 1 aliphatic carbocycles. The number of rotatable bonds is 6. The van der Waals surface area contributed by atoms with Crippen molar-refractivity contribution in [2.24, 2.45) is 16.3 Å². The van der Waals surface area contributed by atoms with Gasteiger partial charge in [-0.1, -0.05) is 33.6 Å². The summed E-state index contributed by atoms with van der Waals surface area (Å²) in [7, 11) is 3.63. The van der Waals surface area contributed by atoms with Crippen molar-refractivity contribution in [1.29, 1.82) is 0 Å². The highest BCUT2D eigenvalue weighted by molar-refractivity contribution is 5.80. The highest BCUT2D eigenvalue weighted by Crippen LogP contribution is 2.26. The zero-order chi connectivity index (χ0) is 17.6. The molecule has 1 aliphatic heterocycles. The number of likely N-dealkylation sites (tertiary alicyclic amines) is 1. The third-order valence-electron chi connectivity index (χ3n) is 5.53. The molecule has 0 amide bonds. The van der Waals surface area contributed by atoms with Crippen LogP contribution >= 0.6 is 0 Å². The molecule has 5 heteroatoms. The van der Waals surface area contributed by atoms with Gasteiger partial charge in [0.1, 0.15) is 0 Å². The molecule has 0 spiro atoms. The van der Waals surface area contributed by atoms with E-state index in [1.54, 1.807) is 7.11 Å². The molecule has 0 aromatic rings. The number of aliphatic imine (C=N–C) groups is 1. The van der Waals surface area contributed by atoms with Crippen LogP contribution in [0.5, 0.6) is 0 Å². The van der Waals surface area contributed by atoms with Crippen molar-refractivity contribution in [3.8, 4) is 0 Å². The normalized spacial score (nSPS) is 25.2. The molecule has 140 valence electrons. The molecule has 5 nitrogen and oxygen atoms in total. The maximum absolute atomic E-state index is 5.62. The molecular formula is C19H38N4O. The summed E-state index contributed by atoms with van der Waals surface area (Å²) in [5.41, 5.74) is 0.117. The lowest BCUT2D eigenvalue weighted by molar-refractivity contribution is 0.0205. The van der Waals surface area contributed by atoms with E-state index in [2.05, 4.69) is 41.3 Å². The Morgan fingerprint density at radius 3 is 2.54 bits per heavy atom. The maximum Gasteiger partial charge on any atom is 0.191 e. The van der Waals surface area contributed by atoms with Crippen LogP contribution in [0.25, 0.3) is 0 Å². The highest BCUT2D eigenvalue weighted by Gasteiger charge is 2.27. The molecule has 24 heavy (non-hydrogen) atoms. The average molecular weight is 339 g/mol. The number of ether oxygens (including phenoxy) is 1. The molecule has 0 bridgehead atoms. The summed E-state index contributed by atoms with van der Waals surface area (Å²) in [4.78, 5) is 7.02. The summed E-state index contributed by atoms with van der Waals surface area (Å²) < 4.78 is 5.62. The summed E-state index contributed by atoms with van der Waals surface area (Å²) in [6.07, 6.45) is 7.11. The van der Waals surface area contributed by atoms with Crippen molar-refractivity contribution >= 4 is 5.96 Å². The van der Waals surface area contributed by atoms with Crippen molar-refractivity contribution in [2.45, 2.75) is 65.0 Å². The van der Waals surface area contributed by atoms with Gasteiger partial charge in [-0.25, -0.2) is 0 Å². The number of nitrogens with zero attached hydrogens (tertiary/aromatic N) is 2. The summed E-state index contributed by atoms with van der Waals surface area (Å²) in [6, 6.07) is 0.508. The van der Waals surface area contributed by atoms with E-state index < -0.39 is 0 Å². The van der Waals surface area contributed by atoms with Gasteiger partial charge in [0.25, 0.3) is 0 Å². The number of hydrogen-bond acceptors (Lipinski definition) is 3. The molecule has 2 fully saturated rings. The standard InChI is InChI=1S/C19H38N4O/c1-19(2,3)17(24-5)12-21-18(20-4)22-16-10-11-23(14-16)13-15-8-6-7-9-15/h15-17H,6-14H2,1-5H3,(H2,20,21,22). The number of hydrogen-bond donors (Lipinski definition) is 2. The van der Waals surface area contributed by atoms with E-state index in [0.29, 0.717) is 6.04 Å². The molecule has 1 saturated carbocycles. The van der Waals surface area contributed by atoms with E-state index in [1.807, 2.05) is 7.05 Å². The Hall–Kier alpha value is -0.810. The number of guanidine groups is 1. The predicted molar refractivity (Wildman–Crippen MR) is 102 cm³/mol. The van der Waals surface area contributed by atoms with Gasteiger partial charge in [-0.3, -0.25) is 4.99 Å². The third kappa shape index (κ3) is 5.92. The van der Waals surface area contributed by atoms with E-state index in [-0.39, 0.29) is 11.5 Å². The maximum atomic E-state index is 5.62. The number of nitrogens with one attached hydrogen (secondary N) is 2. The minimum atomic E-state index is 0.117. The van der Waals surface area contributed by atoms with E-state index in [4.69, 9.17) is 4.74 Å². The zero-order valence-corrected chi connectivity index (χ0v) is 16.4. The van der Waals surface area contributed by atoms with E-state index in [0.717, 1.165) is 25.0 Å². The first-order valence-corrected chi connectivity index (χ1v) is 9.64. The van der Waals surface area contributed by atoms with Gasteiger partial charge in [0.2, 0.25) is 0 Å². The van der Waals surface area contributed by atoms with Crippen LogP contribution in [0.4, 0.5) is 0 Å². The molecule has 2 unspecified atom stereocenters. The van der Waals surface area contributed by atoms with Gasteiger partial charge in [-0.15, -0.1) is 0 Å². The van der Waals surface area contributed by atoms with Gasteiger partial charge in [0.15, 0.2) is 5.96 Å². The molecule has 0 radical (unpaired) electrons. The van der Waals surface area contributed by atoms with Crippen molar-refractivity contribution in [1.82, 2.24) is 15.5 Å². The van der Waals surface area contributed by atoms with Crippen LogP contribution in [-0.4, -0.2) is 63.3 Å². The Morgan fingerprint density at radius 1 is 1.25 bits per heavy atom. The Bertz CT molecular complexity index is 399. The first kappa shape index (κ1) is 19.5. The third-order valence-corrected chi connectivity index (χ3v) is 5.53. The molecule has 1 heterocycles. The molecule has 2 atom stereocenters. The molecule has 2 aliphatic rings. The largest absolute Gasteiger partial charge is 0.379 e. The number of methoxy groups -OCH3 is 1. The summed E-state index contributed by atoms with van der Waals surface area (Å²) in [5.74, 6) is 1.84. The van der Waals surface area contributed by atoms with Crippen molar-refractivity contribution in [2.75, 3.05) is 40.3 Å². The van der Waals surface area contributed by atoms with Crippen LogP contribution in [0.3, 0.4) is 0 Å². The first-order valence-electron chi connectivity index (χ1n) is 9.64. The van der Waals surface area contributed by atoms with Gasteiger partial charge in [-0.2, -0.15) is 0 Å². The van der Waals surface area contributed by atoms with Crippen LogP contribution < -0.4 is 10.6 Å². The molecule has 2 rings (SSSR count). The SMILES string of the molecule is CN=C(NCC(OC)C(C)(C)C)NC1CCN(CC2CCCC2)C1. The Kier molecular flexibility index (Phi) is 7.35. The van der Waals surface area contributed by atoms with E-state index in [1.165, 1.54) is 45.2 Å². The van der Waals surface area contributed by atoms with Crippen molar-refractivity contribution in [3.63, 3.8) is 0 Å². The Balaban J connectivity index is 1.73. The summed E-state index contributed by atoms with van der Waals surface area (Å²) in [5, 5.41) is 7.03. The Morgan fingerprint density at radius 2 is 1.96 bits per heavy atom. The smallest absolute Gasteiger partial charge is 0.191 e. The quantitative estimate of drug-likeness (QED) is 0.577. The van der Waals surface area contributed by atoms with E-state index in [9.17, 15) is 0 Å². The molecule has 2 N–H and O–H groups in total. The van der Waals surface area contributed by atoms with Gasteiger partial charge in [-0.05, 0) is 30.6 Å². The minimum absolute atomic E-state index is 0.117. The monoisotopic (exact) mass is 338 g/mol. The highest BCUT2D eigenvalue weighted by atomic mass is 16.5. The average Bonchev–Trinajstić information content (AvgIpc) is 3.18. The minimum Gasteiger partial charge on any atom is -0.379 e. The topological polar surface area (TPSA) is 48.9 Å².